The molecule has 0 radical (unpaired) electrons. The smallest absolute Gasteiger partial charge is 0.208 e. The summed E-state index contributed by atoms with van der Waals surface area (Å²) in [6.07, 6.45) is 0. The van der Waals surface area contributed by atoms with Gasteiger partial charge in [-0.3, -0.25) is 0 Å². The van der Waals surface area contributed by atoms with Crippen LogP contribution in [0.15, 0.2) is 121 Å². The Bertz CT molecular complexity index is 2540. The van der Waals surface area contributed by atoms with Crippen molar-refractivity contribution in [2.45, 2.75) is 0 Å². The van der Waals surface area contributed by atoms with Crippen LogP contribution in [0.1, 0.15) is 0 Å². The largest absolute Gasteiger partial charge is 0.503 e. The predicted octanol–water partition coefficient (Wildman–Crippen LogP) is 9.14. The van der Waals surface area contributed by atoms with Crippen LogP contribution in [-0.2, 0) is 0 Å². The lowest BCUT2D eigenvalue weighted by Gasteiger charge is -2.31. The summed E-state index contributed by atoms with van der Waals surface area (Å²) >= 11 is 0. The zero-order valence-corrected chi connectivity index (χ0v) is 27.9. The molecule has 0 unspecified atom stereocenters. The number of aromatic hydroxyl groups is 10. The van der Waals surface area contributed by atoms with Gasteiger partial charge in [0.15, 0.2) is 23.0 Å². The summed E-state index contributed by atoms with van der Waals surface area (Å²) in [5.74, 6) is -9.94. The highest BCUT2D eigenvalue weighted by Gasteiger charge is 2.32. The Kier molecular flexibility index (Phi) is 7.66. The van der Waals surface area contributed by atoms with Gasteiger partial charge in [0.05, 0.1) is 11.4 Å². The Morgan fingerprint density at radius 2 is 0.519 bits per heavy atom. The maximum atomic E-state index is 11.2. The van der Waals surface area contributed by atoms with Gasteiger partial charge in [0.1, 0.15) is 11.4 Å². The Labute approximate surface area is 305 Å². The average molecular weight is 723 g/mol. The SMILES string of the molecule is Oc1c(O)c(O)c(N(c2ccccc2)c2cc3c4ccccc4c(N(c4ccccc4)c4c(O)c(O)c(O)c(O)c4O)cc3c3ccccc23)c(O)c1O. The van der Waals surface area contributed by atoms with Crippen LogP contribution in [-0.4, -0.2) is 51.1 Å². The number of phenols is 10. The van der Waals surface area contributed by atoms with Crippen molar-refractivity contribution in [2.24, 2.45) is 0 Å². The number of hydrogen-bond acceptors (Lipinski definition) is 12. The molecule has 0 aliphatic rings. The van der Waals surface area contributed by atoms with Crippen LogP contribution in [0, 0.1) is 0 Å². The molecule has 10 N–H and O–H groups in total. The monoisotopic (exact) mass is 722 g/mol. The van der Waals surface area contributed by atoms with Gasteiger partial charge in [0, 0.05) is 22.1 Å². The molecular weight excluding hydrogens is 692 g/mol. The van der Waals surface area contributed by atoms with E-state index in [2.05, 4.69) is 0 Å². The fourth-order valence-electron chi connectivity index (χ4n) is 6.98. The molecule has 0 atom stereocenters. The Morgan fingerprint density at radius 1 is 0.259 bits per heavy atom. The standard InChI is InChI=1S/C42H30N2O10/c45-33-31(34(46)38(50)41(53)37(33)49)43(21-11-3-1-4-12-21)29-19-27-24-16-8-10-18-26(24)30(20-28(27)23-15-7-9-17-25(23)29)44(22-13-5-2-6-14-22)32-35(47)39(51)42(54)40(52)36(32)48/h1-20,45-54H. The maximum Gasteiger partial charge on any atom is 0.208 e. The van der Waals surface area contributed by atoms with E-state index in [1.165, 1.54) is 9.80 Å². The molecule has 12 nitrogen and oxygen atoms in total. The summed E-state index contributed by atoms with van der Waals surface area (Å²) in [5, 5.41) is 112. The number of benzene rings is 8. The Balaban J connectivity index is 1.52. The van der Waals surface area contributed by atoms with E-state index in [-0.39, 0.29) is 0 Å². The number of hydrogen-bond donors (Lipinski definition) is 10. The molecule has 54 heavy (non-hydrogen) atoms. The zero-order chi connectivity index (χ0) is 38.0. The van der Waals surface area contributed by atoms with Crippen LogP contribution < -0.4 is 9.80 Å². The van der Waals surface area contributed by atoms with Crippen molar-refractivity contribution in [1.29, 1.82) is 0 Å². The summed E-state index contributed by atoms with van der Waals surface area (Å²) in [7, 11) is 0. The van der Waals surface area contributed by atoms with Gasteiger partial charge in [-0.1, -0.05) is 84.9 Å². The molecule has 12 heteroatoms. The summed E-state index contributed by atoms with van der Waals surface area (Å²) < 4.78 is 0. The molecule has 8 aromatic carbocycles. The van der Waals surface area contributed by atoms with Gasteiger partial charge in [-0.05, 0) is 57.9 Å². The van der Waals surface area contributed by atoms with Crippen molar-refractivity contribution < 1.29 is 51.1 Å². The summed E-state index contributed by atoms with van der Waals surface area (Å²) in [6.45, 7) is 0. The van der Waals surface area contributed by atoms with Crippen LogP contribution in [0.5, 0.6) is 57.5 Å². The number of rotatable bonds is 6. The first kappa shape index (κ1) is 33.3. The molecule has 8 rings (SSSR count). The highest BCUT2D eigenvalue weighted by atomic mass is 16.4. The number of fused-ring (bicyclic) bond motifs is 5. The number of phenolic OH excluding ortho intramolecular Hbond substituents is 10. The lowest BCUT2D eigenvalue weighted by Crippen LogP contribution is -2.12. The highest BCUT2D eigenvalue weighted by Crippen LogP contribution is 2.61. The molecule has 0 aliphatic heterocycles. The molecular formula is C42H30N2O10. The molecule has 0 aromatic heterocycles. The minimum Gasteiger partial charge on any atom is -0.503 e. The van der Waals surface area contributed by atoms with E-state index in [9.17, 15) is 51.1 Å². The second kappa shape index (κ2) is 12.4. The average Bonchev–Trinajstić information content (AvgIpc) is 3.21. The van der Waals surface area contributed by atoms with Crippen molar-refractivity contribution in [2.75, 3.05) is 9.80 Å². The second-order valence-electron chi connectivity index (χ2n) is 12.5. The van der Waals surface area contributed by atoms with Crippen LogP contribution in [0.2, 0.25) is 0 Å². The summed E-state index contributed by atoms with van der Waals surface area (Å²) in [4.78, 5) is 2.89. The minimum atomic E-state index is -1.10. The molecule has 0 aliphatic carbocycles. The second-order valence-corrected chi connectivity index (χ2v) is 12.5. The normalized spacial score (nSPS) is 11.3. The zero-order valence-electron chi connectivity index (χ0n) is 27.9. The predicted molar refractivity (Wildman–Crippen MR) is 205 cm³/mol. The Morgan fingerprint density at radius 3 is 0.833 bits per heavy atom. The van der Waals surface area contributed by atoms with Crippen molar-refractivity contribution in [3.63, 3.8) is 0 Å². The molecule has 0 fully saturated rings. The van der Waals surface area contributed by atoms with Crippen LogP contribution in [0.3, 0.4) is 0 Å². The molecule has 0 spiro atoms. The molecule has 0 heterocycles. The van der Waals surface area contributed by atoms with Gasteiger partial charge < -0.3 is 60.9 Å². The number of nitrogens with zero attached hydrogens (tertiary/aromatic N) is 2. The lowest BCUT2D eigenvalue weighted by molar-refractivity contribution is 0.329. The van der Waals surface area contributed by atoms with E-state index in [1.54, 1.807) is 97.1 Å². The fraction of sp³-hybridized carbons (Fsp3) is 0. The number of para-hydroxylation sites is 2. The van der Waals surface area contributed by atoms with Gasteiger partial charge in [-0.15, -0.1) is 0 Å². The highest BCUT2D eigenvalue weighted by molar-refractivity contribution is 6.25. The van der Waals surface area contributed by atoms with Crippen LogP contribution >= 0.6 is 0 Å². The molecule has 0 amide bonds. The molecule has 0 bridgehead atoms. The third-order valence-electron chi connectivity index (χ3n) is 9.49. The van der Waals surface area contributed by atoms with Crippen molar-refractivity contribution in [1.82, 2.24) is 0 Å². The molecule has 0 saturated carbocycles. The van der Waals surface area contributed by atoms with E-state index in [0.29, 0.717) is 55.1 Å². The van der Waals surface area contributed by atoms with Gasteiger partial charge in [-0.25, -0.2) is 0 Å². The van der Waals surface area contributed by atoms with Crippen LogP contribution in [0.4, 0.5) is 34.1 Å². The van der Waals surface area contributed by atoms with Crippen molar-refractivity contribution in [3.8, 4) is 57.5 Å². The molecule has 0 saturated heterocycles. The quantitative estimate of drug-likeness (QED) is 0.0443. The molecule has 268 valence electrons. The van der Waals surface area contributed by atoms with E-state index in [1.807, 2.05) is 24.3 Å². The van der Waals surface area contributed by atoms with E-state index < -0.39 is 68.9 Å². The first-order valence-electron chi connectivity index (χ1n) is 16.5. The third-order valence-corrected chi connectivity index (χ3v) is 9.49. The maximum absolute atomic E-state index is 11.2. The van der Waals surface area contributed by atoms with Crippen LogP contribution in [0.25, 0.3) is 32.3 Å². The lowest BCUT2D eigenvalue weighted by atomic mass is 9.93. The summed E-state index contributed by atoms with van der Waals surface area (Å²) in [5.41, 5.74) is 0.777. The first-order chi connectivity index (χ1) is 26.0. The topological polar surface area (TPSA) is 209 Å². The van der Waals surface area contributed by atoms with E-state index in [0.717, 1.165) is 0 Å². The number of anilines is 6. The van der Waals surface area contributed by atoms with Gasteiger partial charge in [-0.2, -0.15) is 0 Å². The Hall–Kier alpha value is -7.86. The van der Waals surface area contributed by atoms with Gasteiger partial charge in [0.25, 0.3) is 0 Å². The van der Waals surface area contributed by atoms with Crippen molar-refractivity contribution in [3.05, 3.63) is 121 Å². The minimum absolute atomic E-state index is 0.390. The van der Waals surface area contributed by atoms with E-state index in [4.69, 9.17) is 0 Å². The fourth-order valence-corrected chi connectivity index (χ4v) is 6.98. The summed E-state index contributed by atoms with van der Waals surface area (Å²) in [6, 6.07) is 35.3. The van der Waals surface area contributed by atoms with Gasteiger partial charge in [0.2, 0.25) is 34.5 Å². The molecule has 8 aromatic rings. The van der Waals surface area contributed by atoms with Gasteiger partial charge >= 0.3 is 0 Å². The third kappa shape index (κ3) is 4.85. The first-order valence-corrected chi connectivity index (χ1v) is 16.5. The van der Waals surface area contributed by atoms with E-state index >= 15 is 0 Å². The van der Waals surface area contributed by atoms with Crippen molar-refractivity contribution >= 4 is 66.4 Å².